The van der Waals surface area contributed by atoms with E-state index in [9.17, 15) is 0 Å². The fraction of sp³-hybridized carbons (Fsp3) is 0.0833. The molecule has 5 aromatic heterocycles. The Morgan fingerprint density at radius 2 is 1.23 bits per heavy atom. The van der Waals surface area contributed by atoms with E-state index in [1.165, 1.54) is 59.6 Å². The van der Waals surface area contributed by atoms with Gasteiger partial charge < -0.3 is 0 Å². The number of rotatable bonds is 7. The second kappa shape index (κ2) is 13.9. The molecule has 0 aromatic carbocycles. The standard InChI is InChI=1S/C36H26ClS4Se2/c37-36-26(14-12-24-20-32(28-8-2-16-38-28)42-33(21-24)29-9-3-17-39-29)6-1-7-27(36)15-13-25-22-34(30-10-4-18-40-30)43-35(23-25)31-11-5-19-41-31/h2-5,8-23H,1,6-7H2/q+1. The van der Waals surface area contributed by atoms with Crippen molar-refractivity contribution < 1.29 is 0 Å². The van der Waals surface area contributed by atoms with Gasteiger partial charge in [0.1, 0.15) is 0 Å². The van der Waals surface area contributed by atoms with Crippen molar-refractivity contribution >= 4 is 101 Å². The predicted molar refractivity (Wildman–Crippen MR) is 197 cm³/mol. The number of hydrogen-bond donors (Lipinski definition) is 0. The number of hydrogen-bond acceptors (Lipinski definition) is 4. The maximum atomic E-state index is 7.10. The van der Waals surface area contributed by atoms with Crippen molar-refractivity contribution in [2.24, 2.45) is 0 Å². The van der Waals surface area contributed by atoms with Crippen molar-refractivity contribution in [3.05, 3.63) is 150 Å². The second-order valence-electron chi connectivity index (χ2n) is 10.0. The Morgan fingerprint density at radius 3 is 1.77 bits per heavy atom. The topological polar surface area (TPSA) is 0 Å². The van der Waals surface area contributed by atoms with Crippen LogP contribution in [0.5, 0.6) is 0 Å². The van der Waals surface area contributed by atoms with E-state index in [1.807, 2.05) is 45.3 Å². The average Bonchev–Trinajstić information content (AvgIpc) is 3.88. The fourth-order valence-electron chi connectivity index (χ4n) is 5.00. The third-order valence-corrected chi connectivity index (χ3v) is 17.0. The van der Waals surface area contributed by atoms with Crippen molar-refractivity contribution in [3.63, 3.8) is 0 Å². The summed E-state index contributed by atoms with van der Waals surface area (Å²) in [6, 6.07) is 22.3. The predicted octanol–water partition coefficient (Wildman–Crippen LogP) is 11.9. The van der Waals surface area contributed by atoms with Gasteiger partial charge in [0, 0.05) is 0 Å². The van der Waals surface area contributed by atoms with Crippen LogP contribution in [-0.2, 0) is 0 Å². The molecule has 0 saturated carbocycles. The van der Waals surface area contributed by atoms with Crippen LogP contribution in [0.1, 0.15) is 34.6 Å². The van der Waals surface area contributed by atoms with Crippen molar-refractivity contribution in [1.82, 2.24) is 0 Å². The van der Waals surface area contributed by atoms with Gasteiger partial charge in [0.05, 0.1) is 0 Å². The normalized spacial score (nSPS) is 16.7. The summed E-state index contributed by atoms with van der Waals surface area (Å²) in [7, 11) is 0. The molecule has 0 spiro atoms. The molecule has 0 radical (unpaired) electrons. The van der Waals surface area contributed by atoms with Gasteiger partial charge >= 0.3 is 289 Å². The Balaban J connectivity index is 1.19. The summed E-state index contributed by atoms with van der Waals surface area (Å²) in [6.45, 7) is 0. The number of allylic oxidation sites excluding steroid dienone is 9. The van der Waals surface area contributed by atoms with Gasteiger partial charge in [0.2, 0.25) is 0 Å². The Bertz CT molecular complexity index is 1790. The third kappa shape index (κ3) is 7.10. The van der Waals surface area contributed by atoms with E-state index in [-0.39, 0.29) is 0 Å². The number of halogens is 1. The van der Waals surface area contributed by atoms with Crippen molar-refractivity contribution in [3.8, 4) is 18.6 Å². The van der Waals surface area contributed by atoms with Crippen molar-refractivity contribution in [1.29, 1.82) is 0 Å². The molecule has 212 valence electrons. The van der Waals surface area contributed by atoms with Gasteiger partial charge in [0.25, 0.3) is 0 Å². The summed E-state index contributed by atoms with van der Waals surface area (Å²) in [5.74, 6) is 0. The van der Waals surface area contributed by atoms with Crippen LogP contribution in [0.2, 0.25) is 0 Å². The van der Waals surface area contributed by atoms with E-state index in [1.54, 1.807) is 0 Å². The van der Waals surface area contributed by atoms with Crippen LogP contribution in [0.25, 0.3) is 33.6 Å². The molecule has 0 atom stereocenters. The fourth-order valence-corrected chi connectivity index (χ4v) is 14.0. The van der Waals surface area contributed by atoms with E-state index in [0.29, 0.717) is 29.5 Å². The minimum atomic E-state index is 0.300. The van der Waals surface area contributed by atoms with E-state index in [2.05, 4.69) is 119 Å². The van der Waals surface area contributed by atoms with Crippen LogP contribution in [-0.4, -0.2) is 29.5 Å². The first-order valence-electron chi connectivity index (χ1n) is 13.9. The molecule has 0 nitrogen and oxygen atoms in total. The molecule has 43 heavy (non-hydrogen) atoms. The quantitative estimate of drug-likeness (QED) is 0.144. The molecule has 7 rings (SSSR count). The van der Waals surface area contributed by atoms with Crippen LogP contribution in [0, 0.1) is 0 Å². The zero-order chi connectivity index (χ0) is 29.0. The van der Waals surface area contributed by atoms with Gasteiger partial charge in [-0.25, -0.2) is 0 Å². The van der Waals surface area contributed by atoms with Gasteiger partial charge in [-0.1, -0.05) is 0 Å². The monoisotopic (exact) mass is 781 g/mol. The Hall–Kier alpha value is -2.08. The van der Waals surface area contributed by atoms with Gasteiger partial charge in [-0.3, -0.25) is 0 Å². The molecule has 1 aliphatic heterocycles. The van der Waals surface area contributed by atoms with E-state index in [4.69, 9.17) is 11.6 Å². The number of thiophene rings is 4. The van der Waals surface area contributed by atoms with Crippen LogP contribution in [0.4, 0.5) is 0 Å². The summed E-state index contributed by atoms with van der Waals surface area (Å²) in [5.41, 5.74) is 4.96. The molecule has 1 aliphatic carbocycles. The molecular weight excluding hydrogens is 754 g/mol. The summed E-state index contributed by atoms with van der Waals surface area (Å²) >= 11 is 15.0. The summed E-state index contributed by atoms with van der Waals surface area (Å²) in [4.78, 5) is 5.49. The summed E-state index contributed by atoms with van der Waals surface area (Å²) < 4.78 is 5.79. The third-order valence-electron chi connectivity index (χ3n) is 7.10. The summed E-state index contributed by atoms with van der Waals surface area (Å²) in [5, 5.41) is 9.60. The van der Waals surface area contributed by atoms with Crippen LogP contribution >= 0.6 is 56.9 Å². The van der Waals surface area contributed by atoms with E-state index >= 15 is 0 Å². The SMILES string of the molecule is ClC1=C(/C=C/c2cc(-c3cccs3)[se+]c(-c3cccs3)c2)CCC/C1=C\C=C1C=C(c2cccs2)[Se]C(c2cccs2)=C1. The maximum absolute atomic E-state index is 7.10. The molecule has 0 N–H and O–H groups in total. The molecule has 0 amide bonds. The molecule has 0 unspecified atom stereocenters. The first-order valence-corrected chi connectivity index (χ1v) is 21.2. The van der Waals surface area contributed by atoms with Crippen LogP contribution in [0.15, 0.2) is 134 Å². The van der Waals surface area contributed by atoms with Gasteiger partial charge in [0.15, 0.2) is 0 Å². The zero-order valence-electron chi connectivity index (χ0n) is 23.0. The van der Waals surface area contributed by atoms with Gasteiger partial charge in [-0.05, 0) is 0 Å². The van der Waals surface area contributed by atoms with Crippen LogP contribution < -0.4 is 0 Å². The zero-order valence-corrected chi connectivity index (χ0v) is 30.4. The molecule has 0 bridgehead atoms. The molecule has 0 saturated heterocycles. The first kappa shape index (κ1) is 29.6. The molecule has 0 fully saturated rings. The molecule has 7 heteroatoms. The second-order valence-corrected chi connectivity index (χ2v) is 18.7. The Morgan fingerprint density at radius 1 is 0.674 bits per heavy atom. The van der Waals surface area contributed by atoms with Gasteiger partial charge in [-0.2, -0.15) is 0 Å². The average molecular weight is 780 g/mol. The Labute approximate surface area is 286 Å². The minimum absolute atomic E-state index is 0.300. The van der Waals surface area contributed by atoms with Crippen LogP contribution in [0.3, 0.4) is 0 Å². The van der Waals surface area contributed by atoms with E-state index < -0.39 is 0 Å². The van der Waals surface area contributed by atoms with E-state index in [0.717, 1.165) is 24.3 Å². The Kier molecular flexibility index (Phi) is 9.59. The van der Waals surface area contributed by atoms with Gasteiger partial charge in [-0.15, -0.1) is 0 Å². The first-order chi connectivity index (χ1) is 21.2. The molecule has 6 heterocycles. The molecule has 2 aliphatic rings. The van der Waals surface area contributed by atoms with Crippen molar-refractivity contribution in [2.75, 3.05) is 0 Å². The van der Waals surface area contributed by atoms with Crippen molar-refractivity contribution in [2.45, 2.75) is 19.3 Å². The molecular formula is C36H26ClS4Se2+. The molecule has 5 aromatic rings. The summed E-state index contributed by atoms with van der Waals surface area (Å²) in [6.07, 6.45) is 16.9.